The van der Waals surface area contributed by atoms with Crippen LogP contribution >= 0.6 is 0 Å². The van der Waals surface area contributed by atoms with Crippen molar-refractivity contribution in [1.29, 1.82) is 0 Å². The van der Waals surface area contributed by atoms with E-state index < -0.39 is 0 Å². The van der Waals surface area contributed by atoms with Gasteiger partial charge in [0.1, 0.15) is 12.2 Å². The monoisotopic (exact) mass is 230 g/mol. The minimum Gasteiger partial charge on any atom is -0.310 e. The maximum Gasteiger partial charge on any atom is 0.254 e. The van der Waals surface area contributed by atoms with Gasteiger partial charge in [-0.2, -0.15) is 0 Å². The predicted octanol–water partition coefficient (Wildman–Crippen LogP) is 1.66. The normalized spacial score (nSPS) is 10.8. The second-order valence-corrected chi connectivity index (χ2v) is 4.21. The van der Waals surface area contributed by atoms with Crippen molar-refractivity contribution in [3.63, 3.8) is 0 Å². The van der Waals surface area contributed by atoms with Crippen LogP contribution in [0.1, 0.15) is 31.2 Å². The Morgan fingerprint density at radius 3 is 2.47 bits per heavy atom. The van der Waals surface area contributed by atoms with Gasteiger partial charge in [0, 0.05) is 29.4 Å². The minimum absolute atomic E-state index is 0.109. The van der Waals surface area contributed by atoms with Gasteiger partial charge in [-0.25, -0.2) is 15.0 Å². The first kappa shape index (κ1) is 11.4. The van der Waals surface area contributed by atoms with Crippen LogP contribution in [0.5, 0.6) is 0 Å². The molecule has 1 N–H and O–H groups in total. The summed E-state index contributed by atoms with van der Waals surface area (Å²) in [6.07, 6.45) is 4.77. The Morgan fingerprint density at radius 1 is 1.24 bits per heavy atom. The Balaban J connectivity index is 2.65. The van der Waals surface area contributed by atoms with Crippen LogP contribution in [0.4, 0.5) is 0 Å². The Hall–Kier alpha value is -2.04. The second kappa shape index (κ2) is 4.45. The molecule has 0 spiro atoms. The lowest BCUT2D eigenvalue weighted by molar-refractivity contribution is 0.764. The molecular formula is C12H14N4O. The van der Waals surface area contributed by atoms with Crippen molar-refractivity contribution in [1.82, 2.24) is 19.9 Å². The molecule has 88 valence electrons. The molecule has 0 aliphatic carbocycles. The maximum absolute atomic E-state index is 11.8. The summed E-state index contributed by atoms with van der Waals surface area (Å²) >= 11 is 0. The predicted molar refractivity (Wildman–Crippen MR) is 64.7 cm³/mol. The van der Waals surface area contributed by atoms with Crippen LogP contribution in [0.15, 0.2) is 23.5 Å². The Labute approximate surface area is 99.0 Å². The van der Waals surface area contributed by atoms with E-state index in [-0.39, 0.29) is 11.5 Å². The van der Waals surface area contributed by atoms with Crippen LogP contribution in [-0.2, 0) is 0 Å². The van der Waals surface area contributed by atoms with Crippen LogP contribution in [0.3, 0.4) is 0 Å². The lowest BCUT2D eigenvalue weighted by Crippen LogP contribution is -2.17. The number of aromatic amines is 1. The average Bonchev–Trinajstić information content (AvgIpc) is 2.33. The number of hydrogen-bond acceptors (Lipinski definition) is 4. The highest BCUT2D eigenvalue weighted by atomic mass is 16.1. The van der Waals surface area contributed by atoms with E-state index in [9.17, 15) is 4.79 Å². The molecule has 2 aromatic heterocycles. The number of hydrogen-bond donors (Lipinski definition) is 1. The number of aromatic nitrogens is 4. The van der Waals surface area contributed by atoms with Gasteiger partial charge in [-0.05, 0) is 6.92 Å². The summed E-state index contributed by atoms with van der Waals surface area (Å²) in [5.41, 5.74) is 1.89. The van der Waals surface area contributed by atoms with Gasteiger partial charge in [0.25, 0.3) is 5.56 Å². The van der Waals surface area contributed by atoms with E-state index in [1.807, 2.05) is 13.8 Å². The number of nitrogens with one attached hydrogen (secondary N) is 1. The molecule has 5 heteroatoms. The second-order valence-electron chi connectivity index (χ2n) is 4.21. The molecule has 0 aromatic carbocycles. The minimum atomic E-state index is -0.109. The Kier molecular flexibility index (Phi) is 2.99. The highest BCUT2D eigenvalue weighted by Crippen LogP contribution is 2.18. The van der Waals surface area contributed by atoms with Gasteiger partial charge < -0.3 is 4.98 Å². The van der Waals surface area contributed by atoms with E-state index in [1.165, 1.54) is 6.33 Å². The zero-order chi connectivity index (χ0) is 12.4. The van der Waals surface area contributed by atoms with E-state index in [4.69, 9.17) is 0 Å². The van der Waals surface area contributed by atoms with Crippen molar-refractivity contribution in [3.05, 3.63) is 40.5 Å². The van der Waals surface area contributed by atoms with E-state index >= 15 is 0 Å². The SMILES string of the molecule is Cc1c(-c2cncnc2)nc(C(C)C)[nH]c1=O. The fourth-order valence-corrected chi connectivity index (χ4v) is 1.53. The summed E-state index contributed by atoms with van der Waals surface area (Å²) in [6.45, 7) is 5.72. The lowest BCUT2D eigenvalue weighted by Gasteiger charge is -2.09. The molecule has 5 nitrogen and oxygen atoms in total. The van der Waals surface area contributed by atoms with Crippen LogP contribution in [0.2, 0.25) is 0 Å². The van der Waals surface area contributed by atoms with Gasteiger partial charge in [-0.15, -0.1) is 0 Å². The van der Waals surface area contributed by atoms with Gasteiger partial charge in [0.15, 0.2) is 0 Å². The van der Waals surface area contributed by atoms with E-state index in [0.717, 1.165) is 5.56 Å². The first-order chi connectivity index (χ1) is 8.09. The van der Waals surface area contributed by atoms with Gasteiger partial charge in [-0.1, -0.05) is 13.8 Å². The molecule has 0 aliphatic heterocycles. The topological polar surface area (TPSA) is 71.5 Å². The molecule has 0 bridgehead atoms. The van der Waals surface area contributed by atoms with Crippen molar-refractivity contribution in [2.24, 2.45) is 0 Å². The zero-order valence-corrected chi connectivity index (χ0v) is 10.1. The van der Waals surface area contributed by atoms with E-state index in [1.54, 1.807) is 19.3 Å². The molecule has 0 aliphatic rings. The molecule has 0 saturated heterocycles. The molecule has 0 saturated carbocycles. The molecule has 0 radical (unpaired) electrons. The first-order valence-electron chi connectivity index (χ1n) is 5.45. The molecule has 2 aromatic rings. The molecule has 2 heterocycles. The summed E-state index contributed by atoms with van der Waals surface area (Å²) < 4.78 is 0. The fourth-order valence-electron chi connectivity index (χ4n) is 1.53. The first-order valence-corrected chi connectivity index (χ1v) is 5.45. The third kappa shape index (κ3) is 2.22. The van der Waals surface area contributed by atoms with Gasteiger partial charge in [-0.3, -0.25) is 4.79 Å². The molecule has 0 fully saturated rings. The highest BCUT2D eigenvalue weighted by molar-refractivity contribution is 5.60. The summed E-state index contributed by atoms with van der Waals surface area (Å²) in [4.78, 5) is 26.9. The highest BCUT2D eigenvalue weighted by Gasteiger charge is 2.11. The summed E-state index contributed by atoms with van der Waals surface area (Å²) in [5, 5.41) is 0. The summed E-state index contributed by atoms with van der Waals surface area (Å²) in [7, 11) is 0. The Morgan fingerprint density at radius 2 is 1.88 bits per heavy atom. The third-order valence-corrected chi connectivity index (χ3v) is 2.55. The van der Waals surface area contributed by atoms with Crippen molar-refractivity contribution in [2.45, 2.75) is 26.7 Å². The molecular weight excluding hydrogens is 216 g/mol. The molecule has 17 heavy (non-hydrogen) atoms. The van der Waals surface area contributed by atoms with Gasteiger partial charge >= 0.3 is 0 Å². The number of H-pyrrole nitrogens is 1. The Bertz CT molecular complexity index is 575. The maximum atomic E-state index is 11.8. The summed E-state index contributed by atoms with van der Waals surface area (Å²) in [6, 6.07) is 0. The van der Waals surface area contributed by atoms with E-state index in [2.05, 4.69) is 19.9 Å². The fraction of sp³-hybridized carbons (Fsp3) is 0.333. The van der Waals surface area contributed by atoms with Crippen LogP contribution in [0.25, 0.3) is 11.3 Å². The van der Waals surface area contributed by atoms with Gasteiger partial charge in [0.2, 0.25) is 0 Å². The van der Waals surface area contributed by atoms with Crippen LogP contribution in [0, 0.1) is 6.92 Å². The van der Waals surface area contributed by atoms with Crippen molar-refractivity contribution in [2.75, 3.05) is 0 Å². The third-order valence-electron chi connectivity index (χ3n) is 2.55. The number of nitrogens with zero attached hydrogens (tertiary/aromatic N) is 3. The molecule has 0 unspecified atom stereocenters. The van der Waals surface area contributed by atoms with Crippen molar-refractivity contribution in [3.8, 4) is 11.3 Å². The van der Waals surface area contributed by atoms with Gasteiger partial charge in [0.05, 0.1) is 5.69 Å². The molecule has 2 rings (SSSR count). The average molecular weight is 230 g/mol. The smallest absolute Gasteiger partial charge is 0.254 e. The zero-order valence-electron chi connectivity index (χ0n) is 10.1. The quantitative estimate of drug-likeness (QED) is 0.851. The van der Waals surface area contributed by atoms with Crippen LogP contribution < -0.4 is 5.56 Å². The lowest BCUT2D eigenvalue weighted by atomic mass is 10.1. The largest absolute Gasteiger partial charge is 0.310 e. The number of rotatable bonds is 2. The molecule has 0 atom stereocenters. The van der Waals surface area contributed by atoms with Crippen molar-refractivity contribution >= 4 is 0 Å². The summed E-state index contributed by atoms with van der Waals surface area (Å²) in [5.74, 6) is 0.853. The standard InChI is InChI=1S/C12H14N4O/c1-7(2)11-15-10(8(3)12(17)16-11)9-4-13-6-14-5-9/h4-7H,1-3H3,(H,15,16,17). The van der Waals surface area contributed by atoms with Crippen LogP contribution in [-0.4, -0.2) is 19.9 Å². The van der Waals surface area contributed by atoms with E-state index in [0.29, 0.717) is 17.1 Å². The van der Waals surface area contributed by atoms with Crippen molar-refractivity contribution < 1.29 is 0 Å². The molecule has 0 amide bonds.